The third-order valence-electron chi connectivity index (χ3n) is 3.09. The third kappa shape index (κ3) is 1.88. The molecule has 1 aliphatic rings. The zero-order valence-electron chi connectivity index (χ0n) is 9.71. The highest BCUT2D eigenvalue weighted by Crippen LogP contribution is 2.30. The maximum Gasteiger partial charge on any atom is 0.345 e. The zero-order chi connectivity index (χ0) is 11.8. The quantitative estimate of drug-likeness (QED) is 0.792. The molecule has 1 saturated carbocycles. The van der Waals surface area contributed by atoms with Crippen molar-refractivity contribution in [1.29, 1.82) is 0 Å². The van der Waals surface area contributed by atoms with Crippen molar-refractivity contribution in [2.24, 2.45) is 13.0 Å². The summed E-state index contributed by atoms with van der Waals surface area (Å²) < 4.78 is 3.15. The minimum Gasteiger partial charge on any atom is -0.278 e. The maximum absolute atomic E-state index is 12.0. The minimum absolute atomic E-state index is 0.0456. The number of nitrogens with zero attached hydrogens (tertiary/aromatic N) is 4. The van der Waals surface area contributed by atoms with Gasteiger partial charge in [0, 0.05) is 31.5 Å². The molecule has 5 heteroatoms. The van der Waals surface area contributed by atoms with Crippen LogP contribution in [-0.2, 0) is 13.6 Å². The number of rotatable bonds is 3. The predicted octanol–water partition coefficient (Wildman–Crippen LogP) is 1.05. The molecule has 0 bridgehead atoms. The molecule has 0 aliphatic heterocycles. The van der Waals surface area contributed by atoms with Crippen molar-refractivity contribution in [3.05, 3.63) is 35.0 Å². The van der Waals surface area contributed by atoms with Crippen LogP contribution in [0, 0.1) is 5.92 Å². The van der Waals surface area contributed by atoms with Crippen LogP contribution in [0.4, 0.5) is 0 Å². The molecule has 0 radical (unpaired) electrons. The first kappa shape index (κ1) is 10.3. The van der Waals surface area contributed by atoms with E-state index in [4.69, 9.17) is 0 Å². The van der Waals surface area contributed by atoms with E-state index < -0.39 is 0 Å². The Morgan fingerprint density at radius 1 is 1.47 bits per heavy atom. The van der Waals surface area contributed by atoms with Gasteiger partial charge >= 0.3 is 5.69 Å². The smallest absolute Gasteiger partial charge is 0.278 e. The topological polar surface area (TPSA) is 52.7 Å². The molecule has 0 N–H and O–H groups in total. The molecule has 0 saturated heterocycles. The van der Waals surface area contributed by atoms with Crippen LogP contribution >= 0.6 is 0 Å². The Bertz CT molecular complexity index is 580. The van der Waals surface area contributed by atoms with Crippen LogP contribution in [0.5, 0.6) is 0 Å². The van der Waals surface area contributed by atoms with Gasteiger partial charge in [-0.2, -0.15) is 0 Å². The van der Waals surface area contributed by atoms with Gasteiger partial charge in [0.15, 0.2) is 5.82 Å². The zero-order valence-corrected chi connectivity index (χ0v) is 9.71. The van der Waals surface area contributed by atoms with E-state index in [0.717, 1.165) is 12.1 Å². The van der Waals surface area contributed by atoms with Crippen molar-refractivity contribution in [3.8, 4) is 11.4 Å². The number of hydrogen-bond donors (Lipinski definition) is 0. The molecule has 17 heavy (non-hydrogen) atoms. The summed E-state index contributed by atoms with van der Waals surface area (Å²) in [6, 6.07) is 3.76. The Balaban J connectivity index is 2.02. The fourth-order valence-electron chi connectivity index (χ4n) is 1.90. The van der Waals surface area contributed by atoms with E-state index in [-0.39, 0.29) is 5.69 Å². The first-order valence-corrected chi connectivity index (χ1v) is 5.80. The predicted molar refractivity (Wildman–Crippen MR) is 63.4 cm³/mol. The summed E-state index contributed by atoms with van der Waals surface area (Å²) in [4.78, 5) is 16.0. The summed E-state index contributed by atoms with van der Waals surface area (Å²) in [5.74, 6) is 1.33. The Morgan fingerprint density at radius 2 is 2.29 bits per heavy atom. The van der Waals surface area contributed by atoms with Crippen LogP contribution in [0.3, 0.4) is 0 Å². The molecule has 2 aromatic heterocycles. The van der Waals surface area contributed by atoms with Gasteiger partial charge in [-0.05, 0) is 30.9 Å². The van der Waals surface area contributed by atoms with Crippen LogP contribution in [0.25, 0.3) is 11.4 Å². The molecule has 0 atom stereocenters. The minimum atomic E-state index is -0.0456. The van der Waals surface area contributed by atoms with Crippen LogP contribution in [-0.4, -0.2) is 19.3 Å². The van der Waals surface area contributed by atoms with E-state index in [2.05, 4.69) is 10.1 Å². The van der Waals surface area contributed by atoms with E-state index >= 15 is 0 Å². The molecule has 0 amide bonds. The van der Waals surface area contributed by atoms with Crippen LogP contribution in [0.15, 0.2) is 29.3 Å². The number of aromatic nitrogens is 4. The van der Waals surface area contributed by atoms with E-state index in [1.807, 2.05) is 12.1 Å². The summed E-state index contributed by atoms with van der Waals surface area (Å²) in [5, 5.41) is 4.39. The van der Waals surface area contributed by atoms with Gasteiger partial charge < -0.3 is 0 Å². The van der Waals surface area contributed by atoms with Gasteiger partial charge in [-0.1, -0.05) is 0 Å². The summed E-state index contributed by atoms with van der Waals surface area (Å²) >= 11 is 0. The Hall–Kier alpha value is -1.91. The molecule has 2 heterocycles. The Kier molecular flexibility index (Phi) is 2.31. The molecule has 1 fully saturated rings. The largest absolute Gasteiger partial charge is 0.345 e. The molecular weight excluding hydrogens is 216 g/mol. The maximum atomic E-state index is 12.0. The lowest BCUT2D eigenvalue weighted by molar-refractivity contribution is 0.540. The number of hydrogen-bond acceptors (Lipinski definition) is 3. The molecule has 3 rings (SSSR count). The molecular formula is C12H14N4O. The van der Waals surface area contributed by atoms with E-state index in [9.17, 15) is 4.79 Å². The van der Waals surface area contributed by atoms with Crippen molar-refractivity contribution < 1.29 is 0 Å². The van der Waals surface area contributed by atoms with Gasteiger partial charge in [-0.15, -0.1) is 5.10 Å². The molecule has 2 aromatic rings. The van der Waals surface area contributed by atoms with Crippen molar-refractivity contribution >= 4 is 0 Å². The summed E-state index contributed by atoms with van der Waals surface area (Å²) in [5.41, 5.74) is 0.831. The highest BCUT2D eigenvalue weighted by atomic mass is 16.2. The van der Waals surface area contributed by atoms with Gasteiger partial charge in [0.25, 0.3) is 0 Å². The van der Waals surface area contributed by atoms with Crippen LogP contribution in [0.2, 0.25) is 0 Å². The lowest BCUT2D eigenvalue weighted by Gasteiger charge is -1.97. The highest BCUT2D eigenvalue weighted by molar-refractivity contribution is 5.52. The van der Waals surface area contributed by atoms with Crippen LogP contribution in [0.1, 0.15) is 12.8 Å². The first-order valence-electron chi connectivity index (χ1n) is 5.80. The van der Waals surface area contributed by atoms with E-state index in [1.165, 1.54) is 12.8 Å². The van der Waals surface area contributed by atoms with Gasteiger partial charge in [-0.3, -0.25) is 9.55 Å². The van der Waals surface area contributed by atoms with Gasteiger partial charge in [0.2, 0.25) is 0 Å². The normalized spacial score (nSPS) is 15.1. The lowest BCUT2D eigenvalue weighted by Crippen LogP contribution is -2.23. The third-order valence-corrected chi connectivity index (χ3v) is 3.09. The van der Waals surface area contributed by atoms with E-state index in [0.29, 0.717) is 11.7 Å². The first-order chi connectivity index (χ1) is 8.25. The molecule has 1 aliphatic carbocycles. The second-order valence-electron chi connectivity index (χ2n) is 4.53. The second kappa shape index (κ2) is 3.84. The van der Waals surface area contributed by atoms with Crippen LogP contribution < -0.4 is 5.69 Å². The second-order valence-corrected chi connectivity index (χ2v) is 4.53. The van der Waals surface area contributed by atoms with Crippen molar-refractivity contribution in [1.82, 2.24) is 19.3 Å². The standard InChI is InChI=1S/C12H14N4O/c1-15-11(10-3-2-6-13-7-10)14-16(12(15)17)8-9-4-5-9/h2-3,6-7,9H,4-5,8H2,1H3. The summed E-state index contributed by atoms with van der Waals surface area (Å²) in [6.45, 7) is 0.743. The van der Waals surface area contributed by atoms with Gasteiger partial charge in [-0.25, -0.2) is 9.48 Å². The fraction of sp³-hybridized carbons (Fsp3) is 0.417. The molecule has 0 unspecified atom stereocenters. The number of pyridine rings is 1. The van der Waals surface area contributed by atoms with Crippen molar-refractivity contribution in [2.75, 3.05) is 0 Å². The molecule has 0 spiro atoms. The Labute approximate surface area is 98.7 Å². The lowest BCUT2D eigenvalue weighted by atomic mass is 10.3. The molecule has 88 valence electrons. The average Bonchev–Trinajstić information content (AvgIpc) is 3.13. The average molecular weight is 230 g/mol. The molecule has 5 nitrogen and oxygen atoms in total. The Morgan fingerprint density at radius 3 is 2.94 bits per heavy atom. The molecule has 0 aromatic carbocycles. The van der Waals surface area contributed by atoms with Gasteiger partial charge in [0.05, 0.1) is 0 Å². The van der Waals surface area contributed by atoms with Gasteiger partial charge in [0.1, 0.15) is 0 Å². The summed E-state index contributed by atoms with van der Waals surface area (Å²) in [7, 11) is 1.75. The highest BCUT2D eigenvalue weighted by Gasteiger charge is 2.24. The SMILES string of the molecule is Cn1c(-c2cccnc2)nn(CC2CC2)c1=O. The van der Waals surface area contributed by atoms with Crippen molar-refractivity contribution in [3.63, 3.8) is 0 Å². The fourth-order valence-corrected chi connectivity index (χ4v) is 1.90. The monoisotopic (exact) mass is 230 g/mol. The van der Waals surface area contributed by atoms with Crippen molar-refractivity contribution in [2.45, 2.75) is 19.4 Å². The van der Waals surface area contributed by atoms with E-state index in [1.54, 1.807) is 28.7 Å². The summed E-state index contributed by atoms with van der Waals surface area (Å²) in [6.07, 6.45) is 5.86.